The van der Waals surface area contributed by atoms with E-state index >= 15 is 0 Å². The summed E-state index contributed by atoms with van der Waals surface area (Å²) in [6.07, 6.45) is 2.10. The molecule has 1 aliphatic rings. The Morgan fingerprint density at radius 1 is 1.35 bits per heavy atom. The van der Waals surface area contributed by atoms with Crippen LogP contribution in [0.25, 0.3) is 11.0 Å². The van der Waals surface area contributed by atoms with Gasteiger partial charge in [0.15, 0.2) is 0 Å². The quantitative estimate of drug-likeness (QED) is 0.886. The van der Waals surface area contributed by atoms with Gasteiger partial charge in [0.2, 0.25) is 5.91 Å². The Morgan fingerprint density at radius 3 is 2.75 bits per heavy atom. The van der Waals surface area contributed by atoms with Gasteiger partial charge in [-0.3, -0.25) is 14.2 Å². The molecule has 0 spiro atoms. The number of amides is 1. The van der Waals surface area contributed by atoms with Gasteiger partial charge < -0.3 is 9.88 Å². The number of likely N-dealkylation sites (tertiary alicyclic amines) is 1. The molecule has 6 nitrogen and oxygen atoms in total. The zero-order valence-corrected chi connectivity index (χ0v) is 11.8. The van der Waals surface area contributed by atoms with Crippen molar-refractivity contribution >= 4 is 16.9 Å². The van der Waals surface area contributed by atoms with Crippen LogP contribution in [0.4, 0.5) is 0 Å². The van der Waals surface area contributed by atoms with Crippen molar-refractivity contribution in [2.45, 2.75) is 33.2 Å². The standard InChI is InChI=1S/C14H18N4O2/c1-9-7-11-13(15-9)16-10(2)18(14(11)20)8-12(19)17-5-3-4-6-17/h7,15H,3-6,8H2,1-2H3. The third kappa shape index (κ3) is 2.11. The fourth-order valence-corrected chi connectivity index (χ4v) is 2.73. The van der Waals surface area contributed by atoms with E-state index in [0.29, 0.717) is 16.9 Å². The minimum absolute atomic E-state index is 0.00103. The highest BCUT2D eigenvalue weighted by atomic mass is 16.2. The first kappa shape index (κ1) is 12.9. The number of nitrogens with zero attached hydrogens (tertiary/aromatic N) is 3. The van der Waals surface area contributed by atoms with Crippen LogP contribution >= 0.6 is 0 Å². The molecule has 6 heteroatoms. The first-order chi connectivity index (χ1) is 9.56. The molecule has 20 heavy (non-hydrogen) atoms. The molecule has 0 saturated carbocycles. The molecule has 1 saturated heterocycles. The lowest BCUT2D eigenvalue weighted by Gasteiger charge is -2.16. The highest BCUT2D eigenvalue weighted by molar-refractivity contribution is 5.78. The van der Waals surface area contributed by atoms with Crippen LogP contribution in [-0.2, 0) is 11.3 Å². The molecule has 1 fully saturated rings. The molecule has 0 radical (unpaired) electrons. The summed E-state index contributed by atoms with van der Waals surface area (Å²) in [5.41, 5.74) is 1.34. The number of hydrogen-bond acceptors (Lipinski definition) is 3. The van der Waals surface area contributed by atoms with Crippen molar-refractivity contribution < 1.29 is 4.79 Å². The van der Waals surface area contributed by atoms with E-state index in [0.717, 1.165) is 31.6 Å². The first-order valence-corrected chi connectivity index (χ1v) is 6.91. The number of rotatable bonds is 2. The maximum Gasteiger partial charge on any atom is 0.263 e. The van der Waals surface area contributed by atoms with Crippen LogP contribution in [-0.4, -0.2) is 38.4 Å². The molecule has 3 heterocycles. The lowest BCUT2D eigenvalue weighted by Crippen LogP contribution is -2.35. The van der Waals surface area contributed by atoms with E-state index in [1.807, 2.05) is 11.8 Å². The summed E-state index contributed by atoms with van der Waals surface area (Å²) in [5, 5.41) is 0.544. The highest BCUT2D eigenvalue weighted by Crippen LogP contribution is 2.11. The van der Waals surface area contributed by atoms with Crippen LogP contribution in [0.15, 0.2) is 10.9 Å². The molecule has 1 N–H and O–H groups in total. The monoisotopic (exact) mass is 274 g/mol. The average molecular weight is 274 g/mol. The summed E-state index contributed by atoms with van der Waals surface area (Å²) in [5.74, 6) is 0.568. The molecule has 3 rings (SSSR count). The Kier molecular flexibility index (Phi) is 3.08. The number of aromatic amines is 1. The molecule has 0 atom stereocenters. The number of carbonyl (C=O) groups excluding carboxylic acids is 1. The Labute approximate surface area is 116 Å². The van der Waals surface area contributed by atoms with E-state index in [-0.39, 0.29) is 18.0 Å². The summed E-state index contributed by atoms with van der Waals surface area (Å²) >= 11 is 0. The zero-order valence-electron chi connectivity index (χ0n) is 11.8. The highest BCUT2D eigenvalue weighted by Gasteiger charge is 2.20. The number of fused-ring (bicyclic) bond motifs is 1. The van der Waals surface area contributed by atoms with Crippen molar-refractivity contribution in [1.82, 2.24) is 19.4 Å². The topological polar surface area (TPSA) is 71.0 Å². The maximum absolute atomic E-state index is 12.4. The first-order valence-electron chi connectivity index (χ1n) is 6.91. The second kappa shape index (κ2) is 4.77. The van der Waals surface area contributed by atoms with Gasteiger partial charge in [-0.05, 0) is 32.8 Å². The molecule has 0 aliphatic carbocycles. The summed E-state index contributed by atoms with van der Waals surface area (Å²) in [7, 11) is 0. The molecule has 0 bridgehead atoms. The van der Waals surface area contributed by atoms with Crippen molar-refractivity contribution in [3.63, 3.8) is 0 Å². The normalized spacial score (nSPS) is 15.2. The van der Waals surface area contributed by atoms with E-state index in [4.69, 9.17) is 0 Å². The summed E-state index contributed by atoms with van der Waals surface area (Å²) < 4.78 is 1.47. The second-order valence-corrected chi connectivity index (χ2v) is 5.35. The van der Waals surface area contributed by atoms with Gasteiger partial charge in [-0.25, -0.2) is 4.98 Å². The van der Waals surface area contributed by atoms with Crippen molar-refractivity contribution in [3.05, 3.63) is 27.9 Å². The molecular formula is C14H18N4O2. The van der Waals surface area contributed by atoms with Crippen LogP contribution in [0.3, 0.4) is 0 Å². The molecule has 1 amide bonds. The molecule has 1 aliphatic heterocycles. The van der Waals surface area contributed by atoms with E-state index in [2.05, 4.69) is 9.97 Å². The lowest BCUT2D eigenvalue weighted by atomic mass is 10.3. The largest absolute Gasteiger partial charge is 0.343 e. The van der Waals surface area contributed by atoms with Crippen molar-refractivity contribution in [1.29, 1.82) is 0 Å². The number of H-pyrrole nitrogens is 1. The third-order valence-corrected chi connectivity index (χ3v) is 3.82. The van der Waals surface area contributed by atoms with Gasteiger partial charge in [0, 0.05) is 18.8 Å². The second-order valence-electron chi connectivity index (χ2n) is 5.35. The number of hydrogen-bond donors (Lipinski definition) is 1. The number of nitrogens with one attached hydrogen (secondary N) is 1. The molecule has 106 valence electrons. The van der Waals surface area contributed by atoms with Gasteiger partial charge in [0.1, 0.15) is 18.0 Å². The molecule has 0 unspecified atom stereocenters. The Hall–Kier alpha value is -2.11. The molecule has 0 aromatic carbocycles. The smallest absolute Gasteiger partial charge is 0.263 e. The van der Waals surface area contributed by atoms with Gasteiger partial charge >= 0.3 is 0 Å². The number of aryl methyl sites for hydroxylation is 2. The van der Waals surface area contributed by atoms with Crippen LogP contribution in [0.1, 0.15) is 24.4 Å². The van der Waals surface area contributed by atoms with E-state index in [1.54, 1.807) is 13.0 Å². The number of aromatic nitrogens is 3. The van der Waals surface area contributed by atoms with Gasteiger partial charge in [0.25, 0.3) is 5.56 Å². The van der Waals surface area contributed by atoms with Gasteiger partial charge in [-0.15, -0.1) is 0 Å². The van der Waals surface area contributed by atoms with Gasteiger partial charge in [-0.2, -0.15) is 0 Å². The van der Waals surface area contributed by atoms with Crippen LogP contribution < -0.4 is 5.56 Å². The predicted octanol–water partition coefficient (Wildman–Crippen LogP) is 0.964. The Bertz CT molecular complexity index is 723. The van der Waals surface area contributed by atoms with Crippen LogP contribution in [0.5, 0.6) is 0 Å². The lowest BCUT2D eigenvalue weighted by molar-refractivity contribution is -0.130. The number of carbonyl (C=O) groups is 1. The van der Waals surface area contributed by atoms with Crippen LogP contribution in [0, 0.1) is 13.8 Å². The minimum atomic E-state index is -0.149. The summed E-state index contributed by atoms with van der Waals surface area (Å²) in [6.45, 7) is 5.32. The van der Waals surface area contributed by atoms with Crippen molar-refractivity contribution in [3.8, 4) is 0 Å². The maximum atomic E-state index is 12.4. The predicted molar refractivity (Wildman–Crippen MR) is 75.6 cm³/mol. The van der Waals surface area contributed by atoms with E-state index in [9.17, 15) is 9.59 Å². The SMILES string of the molecule is Cc1cc2c(=O)n(CC(=O)N3CCCC3)c(C)nc2[nH]1. The molecule has 2 aromatic rings. The van der Waals surface area contributed by atoms with Crippen molar-refractivity contribution in [2.24, 2.45) is 0 Å². The van der Waals surface area contributed by atoms with Gasteiger partial charge in [-0.1, -0.05) is 0 Å². The van der Waals surface area contributed by atoms with Crippen LogP contribution in [0.2, 0.25) is 0 Å². The average Bonchev–Trinajstić information content (AvgIpc) is 3.03. The molecular weight excluding hydrogens is 256 g/mol. The minimum Gasteiger partial charge on any atom is -0.343 e. The van der Waals surface area contributed by atoms with E-state index < -0.39 is 0 Å². The third-order valence-electron chi connectivity index (χ3n) is 3.82. The summed E-state index contributed by atoms with van der Waals surface area (Å²) in [4.78, 5) is 33.9. The Morgan fingerprint density at radius 2 is 2.05 bits per heavy atom. The summed E-state index contributed by atoms with van der Waals surface area (Å²) in [6, 6.07) is 1.78. The van der Waals surface area contributed by atoms with Gasteiger partial charge in [0.05, 0.1) is 5.39 Å². The van der Waals surface area contributed by atoms with Crippen molar-refractivity contribution in [2.75, 3.05) is 13.1 Å². The Balaban J connectivity index is 1.98. The fourth-order valence-electron chi connectivity index (χ4n) is 2.73. The fraction of sp³-hybridized carbons (Fsp3) is 0.500. The zero-order chi connectivity index (χ0) is 14.3. The molecule has 2 aromatic heterocycles. The van der Waals surface area contributed by atoms with E-state index in [1.165, 1.54) is 4.57 Å².